The second-order valence-corrected chi connectivity index (χ2v) is 3.13. The second-order valence-electron chi connectivity index (χ2n) is 3.13. The van der Waals surface area contributed by atoms with Gasteiger partial charge in [0.15, 0.2) is 6.29 Å². The lowest BCUT2D eigenvalue weighted by atomic mass is 9.99. The Morgan fingerprint density at radius 1 is 1.21 bits per heavy atom. The Hall–Kier alpha value is -1.77. The fraction of sp³-hybridized carbons (Fsp3) is 0.0909. The molecule has 3 heteroatoms. The van der Waals surface area contributed by atoms with Crippen LogP contribution in [-0.2, 0) is 4.79 Å². The summed E-state index contributed by atoms with van der Waals surface area (Å²) < 4.78 is 0. The van der Waals surface area contributed by atoms with Crippen molar-refractivity contribution in [2.45, 2.75) is 6.92 Å². The van der Waals surface area contributed by atoms with Crippen molar-refractivity contribution < 1.29 is 4.79 Å². The Kier molecular flexibility index (Phi) is 2.23. The Bertz CT molecular complexity index is 395. The van der Waals surface area contributed by atoms with E-state index in [1.165, 1.54) is 12.1 Å². The highest BCUT2D eigenvalue weighted by molar-refractivity contribution is 5.82. The van der Waals surface area contributed by atoms with Crippen molar-refractivity contribution in [3.63, 3.8) is 0 Å². The average Bonchev–Trinajstić information content (AvgIpc) is 2.67. The summed E-state index contributed by atoms with van der Waals surface area (Å²) in [5.74, 6) is 1.18. The van der Waals surface area contributed by atoms with Crippen molar-refractivity contribution in [3.05, 3.63) is 53.3 Å². The molecule has 69 valence electrons. The van der Waals surface area contributed by atoms with Crippen molar-refractivity contribution in [1.82, 2.24) is 0 Å². The predicted octanol–water partition coefficient (Wildman–Crippen LogP) is 2.51. The van der Waals surface area contributed by atoms with Gasteiger partial charge in [0.2, 0.25) is 0 Å². The molecule has 1 radical (unpaired) electrons. The monoisotopic (exact) mass is 185 g/mol. The average molecular weight is 185 g/mol. The fourth-order valence-corrected chi connectivity index (χ4v) is 1.29. The van der Waals surface area contributed by atoms with E-state index in [9.17, 15) is 4.79 Å². The lowest BCUT2D eigenvalue weighted by Gasteiger charge is -2.06. The van der Waals surface area contributed by atoms with Gasteiger partial charge in [-0.1, -0.05) is 31.2 Å². The zero-order chi connectivity index (χ0) is 9.97. The fourth-order valence-electron chi connectivity index (χ4n) is 1.29. The minimum absolute atomic E-state index is 0.536. The number of hydrogen-bond donors (Lipinski definition) is 0. The summed E-state index contributed by atoms with van der Waals surface area (Å²) >= 11 is 0. The first-order valence-electron chi connectivity index (χ1n) is 4.32. The molecule has 14 heavy (non-hydrogen) atoms. The van der Waals surface area contributed by atoms with E-state index in [0.717, 1.165) is 11.9 Å². The van der Waals surface area contributed by atoms with E-state index in [2.05, 4.69) is 10.2 Å². The number of carbonyl (C=O) groups is 1. The largest absolute Gasteiger partial charge is 0.298 e. The van der Waals surface area contributed by atoms with E-state index in [0.29, 0.717) is 11.3 Å². The summed E-state index contributed by atoms with van der Waals surface area (Å²) in [6, 6.07) is 0. The van der Waals surface area contributed by atoms with Crippen LogP contribution >= 0.6 is 0 Å². The smallest absolute Gasteiger partial charge is 0.153 e. The molecule has 0 amide bonds. The standard InChI is InChI=1S/C11H9N2O/c1-8-2-4-9(5-3-8)11-10(7-14)6-12-13-11/h2-7H,1H3. The Morgan fingerprint density at radius 2 is 1.93 bits per heavy atom. The number of rotatable bonds is 1. The SMILES string of the molecule is C[C]1C=CC(=C2N=NC=C2C=O)C=C1. The van der Waals surface area contributed by atoms with Gasteiger partial charge in [0.05, 0.1) is 11.8 Å². The number of azo groups is 1. The maximum Gasteiger partial charge on any atom is 0.153 e. The van der Waals surface area contributed by atoms with Gasteiger partial charge in [0.1, 0.15) is 5.70 Å². The van der Waals surface area contributed by atoms with Crippen molar-refractivity contribution in [2.75, 3.05) is 0 Å². The maximum absolute atomic E-state index is 10.6. The molecule has 0 aromatic rings. The molecule has 0 fully saturated rings. The number of nitrogens with zero attached hydrogens (tertiary/aromatic N) is 2. The zero-order valence-electron chi connectivity index (χ0n) is 7.77. The number of hydrogen-bond acceptors (Lipinski definition) is 3. The predicted molar refractivity (Wildman–Crippen MR) is 53.2 cm³/mol. The van der Waals surface area contributed by atoms with Crippen LogP contribution < -0.4 is 0 Å². The van der Waals surface area contributed by atoms with Gasteiger partial charge in [-0.15, -0.1) is 5.11 Å². The van der Waals surface area contributed by atoms with Gasteiger partial charge >= 0.3 is 0 Å². The summed E-state index contributed by atoms with van der Waals surface area (Å²) in [6.07, 6.45) is 10.1. The highest BCUT2D eigenvalue weighted by atomic mass is 16.1. The third kappa shape index (κ3) is 1.48. The molecule has 0 aromatic heterocycles. The molecule has 0 saturated heterocycles. The van der Waals surface area contributed by atoms with Crippen molar-refractivity contribution in [1.29, 1.82) is 0 Å². The van der Waals surface area contributed by atoms with Crippen LogP contribution in [0.25, 0.3) is 0 Å². The molecule has 2 aliphatic rings. The normalized spacial score (nSPS) is 20.5. The first-order chi connectivity index (χ1) is 6.81. The van der Waals surface area contributed by atoms with E-state index < -0.39 is 0 Å². The Morgan fingerprint density at radius 3 is 2.57 bits per heavy atom. The van der Waals surface area contributed by atoms with E-state index in [1.54, 1.807) is 0 Å². The van der Waals surface area contributed by atoms with Gasteiger partial charge in [-0.05, 0) is 0 Å². The zero-order valence-corrected chi connectivity index (χ0v) is 7.77. The molecular formula is C11H9N2O. The molecule has 0 N–H and O–H groups in total. The summed E-state index contributed by atoms with van der Waals surface area (Å²) in [5, 5.41) is 7.62. The molecule has 3 nitrogen and oxygen atoms in total. The minimum Gasteiger partial charge on any atom is -0.298 e. The number of aldehydes is 1. The summed E-state index contributed by atoms with van der Waals surface area (Å²) in [7, 11) is 0. The van der Waals surface area contributed by atoms with Crippen LogP contribution in [0.3, 0.4) is 0 Å². The summed E-state index contributed by atoms with van der Waals surface area (Å²) in [4.78, 5) is 10.6. The first kappa shape index (κ1) is 8.81. The van der Waals surface area contributed by atoms with Crippen LogP contribution in [0.2, 0.25) is 0 Å². The van der Waals surface area contributed by atoms with Crippen LogP contribution in [0.1, 0.15) is 6.92 Å². The van der Waals surface area contributed by atoms with E-state index >= 15 is 0 Å². The quantitative estimate of drug-likeness (QED) is 0.578. The van der Waals surface area contributed by atoms with Gasteiger partial charge in [0.25, 0.3) is 0 Å². The Labute approximate surface area is 82.2 Å². The molecule has 0 saturated carbocycles. The minimum atomic E-state index is 0.536. The molecule has 0 spiro atoms. The third-order valence-corrected chi connectivity index (χ3v) is 2.08. The molecule has 1 heterocycles. The lowest BCUT2D eigenvalue weighted by molar-refractivity contribution is -0.104. The Balaban J connectivity index is 2.38. The van der Waals surface area contributed by atoms with Gasteiger partial charge in [-0.2, -0.15) is 5.11 Å². The lowest BCUT2D eigenvalue weighted by Crippen LogP contribution is -1.93. The van der Waals surface area contributed by atoms with E-state index in [-0.39, 0.29) is 0 Å². The topological polar surface area (TPSA) is 41.8 Å². The molecule has 0 atom stereocenters. The maximum atomic E-state index is 10.6. The highest BCUT2D eigenvalue weighted by Gasteiger charge is 2.13. The van der Waals surface area contributed by atoms with E-state index in [4.69, 9.17) is 0 Å². The molecule has 1 aliphatic heterocycles. The number of allylic oxidation sites excluding steroid dienone is 6. The van der Waals surface area contributed by atoms with Crippen LogP contribution in [0.5, 0.6) is 0 Å². The summed E-state index contributed by atoms with van der Waals surface area (Å²) in [5.41, 5.74) is 2.11. The van der Waals surface area contributed by atoms with Gasteiger partial charge in [-0.25, -0.2) is 0 Å². The van der Waals surface area contributed by atoms with Crippen molar-refractivity contribution >= 4 is 6.29 Å². The first-order valence-corrected chi connectivity index (χ1v) is 4.32. The van der Waals surface area contributed by atoms with Crippen LogP contribution in [-0.4, -0.2) is 6.29 Å². The van der Waals surface area contributed by atoms with E-state index in [1.807, 2.05) is 31.2 Å². The number of carbonyl (C=O) groups excluding carboxylic acids is 1. The van der Waals surface area contributed by atoms with Gasteiger partial charge < -0.3 is 0 Å². The molecule has 2 rings (SSSR count). The van der Waals surface area contributed by atoms with Crippen LogP contribution in [0, 0.1) is 5.92 Å². The van der Waals surface area contributed by atoms with Crippen LogP contribution in [0.4, 0.5) is 0 Å². The molecule has 1 aliphatic carbocycles. The molecule has 0 bridgehead atoms. The van der Waals surface area contributed by atoms with Gasteiger partial charge in [0, 0.05) is 11.5 Å². The molecule has 0 unspecified atom stereocenters. The third-order valence-electron chi connectivity index (χ3n) is 2.08. The molecular weight excluding hydrogens is 176 g/mol. The summed E-state index contributed by atoms with van der Waals surface area (Å²) in [6.45, 7) is 2.01. The molecule has 0 aromatic carbocycles. The van der Waals surface area contributed by atoms with Crippen molar-refractivity contribution in [2.24, 2.45) is 10.2 Å². The van der Waals surface area contributed by atoms with Gasteiger partial charge in [-0.3, -0.25) is 4.79 Å². The van der Waals surface area contributed by atoms with Crippen LogP contribution in [0.15, 0.2) is 57.6 Å². The van der Waals surface area contributed by atoms with Crippen molar-refractivity contribution in [3.8, 4) is 0 Å². The second kappa shape index (κ2) is 3.54. The highest BCUT2D eigenvalue weighted by Crippen LogP contribution is 2.25.